The zero-order valence-electron chi connectivity index (χ0n) is 16.2. The van der Waals surface area contributed by atoms with E-state index in [0.29, 0.717) is 5.75 Å². The smallest absolute Gasteiger partial charge is 0.154 e. The Morgan fingerprint density at radius 2 is 2.04 bits per heavy atom. The number of allylic oxidation sites excluding steroid dienone is 1. The van der Waals surface area contributed by atoms with Crippen LogP contribution in [0.1, 0.15) is 38.0 Å². The number of ether oxygens (including phenoxy) is 2. The number of nitrogens with one attached hydrogen (secondary N) is 1. The molecule has 2 aromatic rings. The van der Waals surface area contributed by atoms with Crippen LogP contribution in [0.5, 0.6) is 11.5 Å². The Hall–Kier alpha value is -2.72. The average molecular weight is 363 g/mol. The van der Waals surface area contributed by atoms with Crippen molar-refractivity contribution >= 4 is 11.3 Å². The van der Waals surface area contributed by atoms with E-state index in [4.69, 9.17) is 9.47 Å². The summed E-state index contributed by atoms with van der Waals surface area (Å²) in [5.74, 6) is 1.46. The van der Waals surface area contributed by atoms with Crippen LogP contribution in [0.15, 0.2) is 49.1 Å². The minimum absolute atomic E-state index is 0.136. The fourth-order valence-electron chi connectivity index (χ4n) is 4.26. The fourth-order valence-corrected chi connectivity index (χ4v) is 4.26. The van der Waals surface area contributed by atoms with Crippen LogP contribution in [0.2, 0.25) is 0 Å². The molecule has 4 rings (SSSR count). The Morgan fingerprint density at radius 1 is 1.26 bits per heavy atom. The zero-order chi connectivity index (χ0) is 19.3. The van der Waals surface area contributed by atoms with Gasteiger partial charge in [-0.15, -0.1) is 6.58 Å². The Balaban J connectivity index is 2.05. The maximum atomic E-state index is 10.7. The van der Waals surface area contributed by atoms with Gasteiger partial charge in [0.15, 0.2) is 6.10 Å². The number of aliphatic hydroxyl groups excluding tert-OH is 1. The van der Waals surface area contributed by atoms with E-state index in [1.165, 1.54) is 6.08 Å². The van der Waals surface area contributed by atoms with Crippen molar-refractivity contribution in [2.45, 2.75) is 38.5 Å². The van der Waals surface area contributed by atoms with Crippen LogP contribution in [-0.4, -0.2) is 23.9 Å². The Morgan fingerprint density at radius 3 is 2.74 bits per heavy atom. The van der Waals surface area contributed by atoms with E-state index in [1.54, 1.807) is 7.11 Å². The number of fused-ring (bicyclic) bond motifs is 5. The van der Waals surface area contributed by atoms with Gasteiger partial charge >= 0.3 is 0 Å². The molecule has 0 amide bonds. The summed E-state index contributed by atoms with van der Waals surface area (Å²) >= 11 is 0. The molecule has 0 bridgehead atoms. The molecule has 4 heteroatoms. The summed E-state index contributed by atoms with van der Waals surface area (Å²) in [5, 5.41) is 14.2. The molecule has 2 aromatic carbocycles. The molecule has 2 unspecified atom stereocenters. The quantitative estimate of drug-likeness (QED) is 0.758. The Bertz CT molecular complexity index is 958. The highest BCUT2D eigenvalue weighted by Crippen LogP contribution is 2.52. The van der Waals surface area contributed by atoms with Gasteiger partial charge in [-0.1, -0.05) is 24.3 Å². The van der Waals surface area contributed by atoms with Gasteiger partial charge in [0.1, 0.15) is 17.6 Å². The Labute approximate surface area is 160 Å². The van der Waals surface area contributed by atoms with Gasteiger partial charge in [-0.05, 0) is 50.1 Å². The largest absolute Gasteiger partial charge is 0.496 e. The minimum atomic E-state index is -0.822. The zero-order valence-corrected chi connectivity index (χ0v) is 16.2. The highest BCUT2D eigenvalue weighted by atomic mass is 16.5. The molecule has 140 valence electrons. The SMILES string of the molecule is C=CC(O)C1Oc2cccc(OC)c2-c2ccc3c(c21)C(C)=CC(C)(C)N3. The van der Waals surface area contributed by atoms with Gasteiger partial charge in [-0.2, -0.15) is 0 Å². The van der Waals surface area contributed by atoms with E-state index in [1.807, 2.05) is 18.2 Å². The lowest BCUT2D eigenvalue weighted by Gasteiger charge is -2.38. The lowest BCUT2D eigenvalue weighted by atomic mass is 9.80. The molecule has 4 nitrogen and oxygen atoms in total. The molecule has 2 aliphatic rings. The molecule has 2 aliphatic heterocycles. The molecule has 0 aromatic heterocycles. The van der Waals surface area contributed by atoms with Crippen LogP contribution < -0.4 is 14.8 Å². The number of aliphatic hydroxyl groups is 1. The first-order chi connectivity index (χ1) is 12.9. The van der Waals surface area contributed by atoms with Gasteiger partial charge in [0.05, 0.1) is 18.2 Å². The van der Waals surface area contributed by atoms with E-state index >= 15 is 0 Å². The predicted molar refractivity (Wildman–Crippen MR) is 109 cm³/mol. The number of hydrogen-bond acceptors (Lipinski definition) is 4. The first-order valence-corrected chi connectivity index (χ1v) is 9.16. The molecule has 0 saturated carbocycles. The van der Waals surface area contributed by atoms with E-state index in [9.17, 15) is 5.11 Å². The first-order valence-electron chi connectivity index (χ1n) is 9.16. The summed E-state index contributed by atoms with van der Waals surface area (Å²) in [6.45, 7) is 10.2. The second-order valence-corrected chi connectivity index (χ2v) is 7.72. The summed E-state index contributed by atoms with van der Waals surface area (Å²) in [6, 6.07) is 9.92. The molecule has 0 radical (unpaired) electrons. The molecule has 27 heavy (non-hydrogen) atoms. The number of anilines is 1. The number of methoxy groups -OCH3 is 1. The van der Waals surface area contributed by atoms with E-state index in [2.05, 4.69) is 50.9 Å². The maximum absolute atomic E-state index is 10.7. The van der Waals surface area contributed by atoms with Gasteiger partial charge in [-0.25, -0.2) is 0 Å². The van der Waals surface area contributed by atoms with Crippen LogP contribution in [-0.2, 0) is 0 Å². The van der Waals surface area contributed by atoms with E-state index in [0.717, 1.165) is 39.3 Å². The van der Waals surface area contributed by atoms with E-state index < -0.39 is 12.2 Å². The van der Waals surface area contributed by atoms with Crippen molar-refractivity contribution < 1.29 is 14.6 Å². The second-order valence-electron chi connectivity index (χ2n) is 7.72. The van der Waals surface area contributed by atoms with Crippen molar-refractivity contribution in [2.24, 2.45) is 0 Å². The van der Waals surface area contributed by atoms with Crippen LogP contribution >= 0.6 is 0 Å². The lowest BCUT2D eigenvalue weighted by Crippen LogP contribution is -2.33. The third kappa shape index (κ3) is 2.72. The average Bonchev–Trinajstić information content (AvgIpc) is 2.64. The van der Waals surface area contributed by atoms with Crippen LogP contribution in [0.3, 0.4) is 0 Å². The first kappa shape index (κ1) is 17.7. The second kappa shape index (κ2) is 6.17. The van der Waals surface area contributed by atoms with Crippen molar-refractivity contribution in [3.8, 4) is 22.6 Å². The summed E-state index contributed by atoms with van der Waals surface area (Å²) < 4.78 is 11.9. The topological polar surface area (TPSA) is 50.7 Å². The Kier molecular flexibility index (Phi) is 4.04. The molecule has 2 atom stereocenters. The molecular formula is C23H25NO3. The molecule has 0 fully saturated rings. The van der Waals surface area contributed by atoms with Gasteiger partial charge in [0.2, 0.25) is 0 Å². The summed E-state index contributed by atoms with van der Waals surface area (Å²) in [4.78, 5) is 0. The number of hydrogen-bond donors (Lipinski definition) is 2. The standard InChI is InChI=1S/C23H25NO3/c1-6-16(25)22-21-14(20-17(26-5)8-7-9-18(20)27-22)10-11-15-19(21)13(2)12-23(3,4)24-15/h6-12,16,22,24-25H,1H2,2-5H3. The molecule has 0 spiro atoms. The lowest BCUT2D eigenvalue weighted by molar-refractivity contribution is 0.0648. The third-order valence-corrected chi connectivity index (χ3v) is 5.24. The predicted octanol–water partition coefficient (Wildman–Crippen LogP) is 4.95. The van der Waals surface area contributed by atoms with Crippen LogP contribution in [0, 0.1) is 0 Å². The van der Waals surface area contributed by atoms with Crippen LogP contribution in [0.4, 0.5) is 5.69 Å². The molecule has 2 N–H and O–H groups in total. The minimum Gasteiger partial charge on any atom is -0.496 e. The monoisotopic (exact) mass is 363 g/mol. The highest BCUT2D eigenvalue weighted by molar-refractivity contribution is 5.91. The van der Waals surface area contributed by atoms with Crippen molar-refractivity contribution in [3.05, 3.63) is 60.2 Å². The number of benzene rings is 2. The maximum Gasteiger partial charge on any atom is 0.154 e. The van der Waals surface area contributed by atoms with Crippen molar-refractivity contribution in [1.82, 2.24) is 0 Å². The molecule has 0 aliphatic carbocycles. The third-order valence-electron chi connectivity index (χ3n) is 5.24. The van der Waals surface area contributed by atoms with Crippen molar-refractivity contribution in [2.75, 3.05) is 12.4 Å². The number of rotatable bonds is 3. The van der Waals surface area contributed by atoms with Crippen LogP contribution in [0.25, 0.3) is 16.7 Å². The van der Waals surface area contributed by atoms with Gasteiger partial charge in [0.25, 0.3) is 0 Å². The molecule has 0 saturated heterocycles. The molecular weight excluding hydrogens is 338 g/mol. The highest BCUT2D eigenvalue weighted by Gasteiger charge is 2.37. The van der Waals surface area contributed by atoms with Gasteiger partial charge in [-0.3, -0.25) is 0 Å². The normalized spacial score (nSPS) is 20.0. The summed E-state index contributed by atoms with van der Waals surface area (Å²) in [6.07, 6.45) is 2.39. The summed E-state index contributed by atoms with van der Waals surface area (Å²) in [7, 11) is 1.66. The van der Waals surface area contributed by atoms with E-state index in [-0.39, 0.29) is 5.54 Å². The summed E-state index contributed by atoms with van der Waals surface area (Å²) in [5.41, 5.74) is 6.05. The van der Waals surface area contributed by atoms with Gasteiger partial charge in [0, 0.05) is 16.8 Å². The molecule has 2 heterocycles. The van der Waals surface area contributed by atoms with Crippen molar-refractivity contribution in [1.29, 1.82) is 0 Å². The fraction of sp³-hybridized carbons (Fsp3) is 0.304. The van der Waals surface area contributed by atoms with Crippen molar-refractivity contribution in [3.63, 3.8) is 0 Å². The van der Waals surface area contributed by atoms with Gasteiger partial charge < -0.3 is 19.9 Å².